The minimum absolute atomic E-state index is 0.471. The van der Waals surface area contributed by atoms with Crippen LogP contribution in [0.5, 0.6) is 0 Å². The number of carbonyl (C=O) groups excluding carboxylic acids is 3. The highest BCUT2D eigenvalue weighted by Crippen LogP contribution is 1.96. The van der Waals surface area contributed by atoms with Crippen LogP contribution < -0.4 is 10.6 Å². The third kappa shape index (κ3) is 6.88. The average molecular weight is 258 g/mol. The van der Waals surface area contributed by atoms with Gasteiger partial charge in [-0.25, -0.2) is 4.79 Å². The van der Waals surface area contributed by atoms with E-state index in [-0.39, 0.29) is 0 Å². The van der Waals surface area contributed by atoms with Crippen LogP contribution in [-0.4, -0.2) is 37.5 Å². The molecule has 6 heteroatoms. The van der Waals surface area contributed by atoms with E-state index in [0.29, 0.717) is 6.54 Å². The summed E-state index contributed by atoms with van der Waals surface area (Å²) < 4.78 is 4.43. The summed E-state index contributed by atoms with van der Waals surface area (Å²) in [6, 6.07) is -0.826. The maximum Gasteiger partial charge on any atom is 0.328 e. The van der Waals surface area contributed by atoms with Gasteiger partial charge in [0.05, 0.1) is 7.11 Å². The molecular weight excluding hydrogens is 236 g/mol. The van der Waals surface area contributed by atoms with Crippen LogP contribution in [0.4, 0.5) is 0 Å². The minimum Gasteiger partial charge on any atom is -0.467 e. The Hall–Kier alpha value is -1.59. The molecule has 0 heterocycles. The molecule has 0 aromatic rings. The fourth-order valence-corrected chi connectivity index (χ4v) is 1.33. The standard InChI is InChI=1S/C12H22N2O4/c1-4-5-6-7-8-13-10(15)11(16)14-9(2)12(17)18-3/h9H,4-8H2,1-3H3,(H,13,15)(H,14,16)/t9-/m1/s1. The van der Waals surface area contributed by atoms with Gasteiger partial charge in [0.25, 0.3) is 0 Å². The van der Waals surface area contributed by atoms with Gasteiger partial charge < -0.3 is 15.4 Å². The van der Waals surface area contributed by atoms with Crippen LogP contribution in [0.15, 0.2) is 0 Å². The summed E-state index contributed by atoms with van der Waals surface area (Å²) in [7, 11) is 1.22. The molecule has 0 aliphatic carbocycles. The summed E-state index contributed by atoms with van der Waals surface area (Å²) in [6.07, 6.45) is 4.10. The normalized spacial score (nSPS) is 11.5. The van der Waals surface area contributed by atoms with Crippen molar-refractivity contribution in [1.29, 1.82) is 0 Å². The number of hydrogen-bond donors (Lipinski definition) is 2. The minimum atomic E-state index is -0.826. The second kappa shape index (κ2) is 9.44. The summed E-state index contributed by atoms with van der Waals surface area (Å²) in [6.45, 7) is 4.03. The molecule has 0 bridgehead atoms. The number of rotatable bonds is 7. The molecule has 0 aliphatic rings. The van der Waals surface area contributed by atoms with Crippen LogP contribution in [0, 0.1) is 0 Å². The zero-order chi connectivity index (χ0) is 14.0. The summed E-state index contributed by atoms with van der Waals surface area (Å²) >= 11 is 0. The lowest BCUT2D eigenvalue weighted by Gasteiger charge is -2.11. The highest BCUT2D eigenvalue weighted by atomic mass is 16.5. The highest BCUT2D eigenvalue weighted by Gasteiger charge is 2.20. The third-order valence-electron chi connectivity index (χ3n) is 2.42. The zero-order valence-corrected chi connectivity index (χ0v) is 11.2. The number of ether oxygens (including phenoxy) is 1. The third-order valence-corrected chi connectivity index (χ3v) is 2.42. The predicted molar refractivity (Wildman–Crippen MR) is 66.8 cm³/mol. The van der Waals surface area contributed by atoms with Crippen molar-refractivity contribution in [2.45, 2.75) is 45.6 Å². The molecule has 0 aromatic carbocycles. The molecule has 18 heavy (non-hydrogen) atoms. The summed E-state index contributed by atoms with van der Waals surface area (Å²) in [5.41, 5.74) is 0. The first kappa shape index (κ1) is 16.4. The van der Waals surface area contributed by atoms with Crippen molar-refractivity contribution in [2.75, 3.05) is 13.7 Å². The van der Waals surface area contributed by atoms with Crippen LogP contribution >= 0.6 is 0 Å². The molecule has 2 N–H and O–H groups in total. The van der Waals surface area contributed by atoms with Gasteiger partial charge in [-0.2, -0.15) is 0 Å². The predicted octanol–water partition coefficient (Wildman–Crippen LogP) is 0.361. The van der Waals surface area contributed by atoms with E-state index in [2.05, 4.69) is 22.3 Å². The molecule has 0 saturated heterocycles. The Morgan fingerprint density at radius 3 is 2.33 bits per heavy atom. The molecule has 1 atom stereocenters. The molecule has 0 spiro atoms. The van der Waals surface area contributed by atoms with Crippen molar-refractivity contribution in [3.63, 3.8) is 0 Å². The maximum atomic E-state index is 11.4. The fourth-order valence-electron chi connectivity index (χ4n) is 1.33. The lowest BCUT2D eigenvalue weighted by Crippen LogP contribution is -2.46. The largest absolute Gasteiger partial charge is 0.467 e. The Bertz CT molecular complexity index is 292. The molecular formula is C12H22N2O4. The smallest absolute Gasteiger partial charge is 0.328 e. The number of nitrogens with one attached hydrogen (secondary N) is 2. The number of amides is 2. The van der Waals surface area contributed by atoms with Crippen molar-refractivity contribution in [3.8, 4) is 0 Å². The first-order valence-electron chi connectivity index (χ1n) is 6.19. The molecule has 6 nitrogen and oxygen atoms in total. The van der Waals surface area contributed by atoms with Gasteiger partial charge >= 0.3 is 17.8 Å². The lowest BCUT2D eigenvalue weighted by atomic mass is 10.2. The van der Waals surface area contributed by atoms with E-state index >= 15 is 0 Å². The Kier molecular flexibility index (Phi) is 8.61. The van der Waals surface area contributed by atoms with Crippen molar-refractivity contribution in [2.24, 2.45) is 0 Å². The molecule has 0 aliphatic heterocycles. The van der Waals surface area contributed by atoms with Crippen molar-refractivity contribution >= 4 is 17.8 Å². The van der Waals surface area contributed by atoms with Crippen LogP contribution in [0.25, 0.3) is 0 Å². The molecule has 104 valence electrons. The average Bonchev–Trinajstić information content (AvgIpc) is 2.36. The first-order valence-corrected chi connectivity index (χ1v) is 6.19. The Labute approximate surface area is 107 Å². The molecule has 0 radical (unpaired) electrons. The van der Waals surface area contributed by atoms with E-state index in [1.54, 1.807) is 0 Å². The van der Waals surface area contributed by atoms with Crippen LogP contribution in [0.1, 0.15) is 39.5 Å². The van der Waals surface area contributed by atoms with Gasteiger partial charge in [0.2, 0.25) is 0 Å². The van der Waals surface area contributed by atoms with E-state index in [4.69, 9.17) is 0 Å². The van der Waals surface area contributed by atoms with E-state index in [1.807, 2.05) is 0 Å². The maximum absolute atomic E-state index is 11.4. The van der Waals surface area contributed by atoms with E-state index in [9.17, 15) is 14.4 Å². The Balaban J connectivity index is 3.83. The summed E-state index contributed by atoms with van der Waals surface area (Å²) in [4.78, 5) is 33.7. The monoisotopic (exact) mass is 258 g/mol. The van der Waals surface area contributed by atoms with Gasteiger partial charge in [0.1, 0.15) is 6.04 Å². The molecule has 0 unspecified atom stereocenters. The second-order valence-electron chi connectivity index (χ2n) is 4.03. The van der Waals surface area contributed by atoms with Gasteiger partial charge in [-0.1, -0.05) is 26.2 Å². The molecule has 0 aromatic heterocycles. The number of carbonyl (C=O) groups is 3. The quantitative estimate of drug-likeness (QED) is 0.392. The summed E-state index contributed by atoms with van der Waals surface area (Å²) in [5, 5.41) is 4.76. The second-order valence-corrected chi connectivity index (χ2v) is 4.03. The van der Waals surface area contributed by atoms with Crippen molar-refractivity contribution in [1.82, 2.24) is 10.6 Å². The van der Waals surface area contributed by atoms with Crippen LogP contribution in [0.2, 0.25) is 0 Å². The SMILES string of the molecule is CCCCCCNC(=O)C(=O)N[C@H](C)C(=O)OC. The van der Waals surface area contributed by atoms with Gasteiger partial charge in [-0.15, -0.1) is 0 Å². The highest BCUT2D eigenvalue weighted by molar-refractivity contribution is 6.35. The summed E-state index contributed by atoms with van der Waals surface area (Å²) in [5.74, 6) is -2.12. The van der Waals surface area contributed by atoms with E-state index in [1.165, 1.54) is 14.0 Å². The Morgan fingerprint density at radius 1 is 1.11 bits per heavy atom. The van der Waals surface area contributed by atoms with Gasteiger partial charge in [-0.05, 0) is 13.3 Å². The number of hydrogen-bond acceptors (Lipinski definition) is 4. The van der Waals surface area contributed by atoms with Crippen LogP contribution in [-0.2, 0) is 19.1 Å². The number of esters is 1. The lowest BCUT2D eigenvalue weighted by molar-refractivity contribution is -0.146. The first-order chi connectivity index (χ1) is 8.52. The molecule has 0 saturated carbocycles. The van der Waals surface area contributed by atoms with Gasteiger partial charge in [-0.3, -0.25) is 9.59 Å². The molecule has 0 rings (SSSR count). The fraction of sp³-hybridized carbons (Fsp3) is 0.750. The van der Waals surface area contributed by atoms with Gasteiger partial charge in [0.15, 0.2) is 0 Å². The Morgan fingerprint density at radius 2 is 1.78 bits per heavy atom. The van der Waals surface area contributed by atoms with Gasteiger partial charge in [0, 0.05) is 6.54 Å². The number of methoxy groups -OCH3 is 1. The number of unbranched alkanes of at least 4 members (excludes halogenated alkanes) is 3. The van der Waals surface area contributed by atoms with Crippen LogP contribution in [0.3, 0.4) is 0 Å². The van der Waals surface area contributed by atoms with Crippen molar-refractivity contribution in [3.05, 3.63) is 0 Å². The molecule has 0 fully saturated rings. The molecule has 2 amide bonds. The topological polar surface area (TPSA) is 84.5 Å². The van der Waals surface area contributed by atoms with Crippen molar-refractivity contribution < 1.29 is 19.1 Å². The van der Waals surface area contributed by atoms with E-state index < -0.39 is 23.8 Å². The zero-order valence-electron chi connectivity index (χ0n) is 11.2. The van der Waals surface area contributed by atoms with E-state index in [0.717, 1.165) is 25.7 Å².